The van der Waals surface area contributed by atoms with Crippen LogP contribution < -0.4 is 15.0 Å². The highest BCUT2D eigenvalue weighted by Crippen LogP contribution is 2.28. The van der Waals surface area contributed by atoms with Gasteiger partial charge in [-0.1, -0.05) is 24.8 Å². The SMILES string of the molecule is CCc1cc2c(=O)n(CCc3ccc(OC)c(OC)c3)c(SC)nc2s1. The quantitative estimate of drug-likeness (QED) is 0.451. The summed E-state index contributed by atoms with van der Waals surface area (Å²) in [6.45, 7) is 2.67. The maximum absolute atomic E-state index is 13.0. The number of ether oxygens (including phenoxy) is 2. The molecule has 0 fully saturated rings. The first-order chi connectivity index (χ1) is 12.6. The van der Waals surface area contributed by atoms with E-state index in [-0.39, 0.29) is 5.56 Å². The molecule has 26 heavy (non-hydrogen) atoms. The lowest BCUT2D eigenvalue weighted by Gasteiger charge is -2.12. The first-order valence-electron chi connectivity index (χ1n) is 8.39. The second-order valence-electron chi connectivity index (χ2n) is 5.78. The van der Waals surface area contributed by atoms with Crippen molar-refractivity contribution in [2.45, 2.75) is 31.5 Å². The lowest BCUT2D eigenvalue weighted by atomic mass is 10.1. The summed E-state index contributed by atoms with van der Waals surface area (Å²) < 4.78 is 12.4. The Morgan fingerprint density at radius 3 is 2.62 bits per heavy atom. The summed E-state index contributed by atoms with van der Waals surface area (Å²) in [6.07, 6.45) is 3.58. The molecular formula is C19H22N2O3S2. The van der Waals surface area contributed by atoms with Gasteiger partial charge in [0.1, 0.15) is 4.83 Å². The smallest absolute Gasteiger partial charge is 0.262 e. The molecule has 3 rings (SSSR count). The Hall–Kier alpha value is -1.99. The van der Waals surface area contributed by atoms with Gasteiger partial charge >= 0.3 is 0 Å². The van der Waals surface area contributed by atoms with Crippen molar-refractivity contribution in [1.82, 2.24) is 9.55 Å². The van der Waals surface area contributed by atoms with Gasteiger partial charge in [-0.3, -0.25) is 9.36 Å². The third-order valence-electron chi connectivity index (χ3n) is 4.27. The summed E-state index contributed by atoms with van der Waals surface area (Å²) >= 11 is 3.11. The number of thiophene rings is 1. The van der Waals surface area contributed by atoms with Crippen LogP contribution in [0.5, 0.6) is 11.5 Å². The van der Waals surface area contributed by atoms with Crippen molar-refractivity contribution in [3.8, 4) is 11.5 Å². The summed E-state index contributed by atoms with van der Waals surface area (Å²) in [5.74, 6) is 1.40. The third kappa shape index (κ3) is 3.59. The average Bonchev–Trinajstić information content (AvgIpc) is 3.10. The fourth-order valence-corrected chi connectivity index (χ4v) is 4.44. The molecule has 0 unspecified atom stereocenters. The molecule has 7 heteroatoms. The van der Waals surface area contributed by atoms with Crippen LogP contribution in [0.4, 0.5) is 0 Å². The summed E-state index contributed by atoms with van der Waals surface area (Å²) in [7, 11) is 3.24. The Balaban J connectivity index is 1.93. The maximum Gasteiger partial charge on any atom is 0.262 e. The van der Waals surface area contributed by atoms with E-state index in [9.17, 15) is 4.79 Å². The van der Waals surface area contributed by atoms with Crippen LogP contribution in [0.1, 0.15) is 17.4 Å². The summed E-state index contributed by atoms with van der Waals surface area (Å²) in [4.78, 5) is 19.7. The highest BCUT2D eigenvalue weighted by Gasteiger charge is 2.14. The Morgan fingerprint density at radius 1 is 1.19 bits per heavy atom. The number of methoxy groups -OCH3 is 2. The minimum atomic E-state index is 0.0378. The van der Waals surface area contributed by atoms with E-state index >= 15 is 0 Å². The molecule has 0 aliphatic heterocycles. The molecule has 0 bridgehead atoms. The van der Waals surface area contributed by atoms with Crippen molar-refractivity contribution in [3.05, 3.63) is 45.1 Å². The fourth-order valence-electron chi connectivity index (χ4n) is 2.85. The molecule has 0 saturated carbocycles. The zero-order valence-corrected chi connectivity index (χ0v) is 17.0. The highest BCUT2D eigenvalue weighted by molar-refractivity contribution is 7.98. The number of hydrogen-bond donors (Lipinski definition) is 0. The first-order valence-corrected chi connectivity index (χ1v) is 10.4. The number of thioether (sulfide) groups is 1. The third-order valence-corrected chi connectivity index (χ3v) is 6.12. The molecule has 0 atom stereocenters. The molecule has 2 heterocycles. The van der Waals surface area contributed by atoms with Gasteiger partial charge in [0.15, 0.2) is 16.7 Å². The van der Waals surface area contributed by atoms with Gasteiger partial charge in [0.05, 0.1) is 19.6 Å². The van der Waals surface area contributed by atoms with E-state index in [1.807, 2.05) is 30.5 Å². The topological polar surface area (TPSA) is 53.4 Å². The summed E-state index contributed by atoms with van der Waals surface area (Å²) in [5.41, 5.74) is 1.12. The van der Waals surface area contributed by atoms with Gasteiger partial charge in [-0.25, -0.2) is 4.98 Å². The standard InChI is InChI=1S/C19H22N2O3S2/c1-5-13-11-14-17(26-13)20-19(25-4)21(18(14)22)9-8-12-6-7-15(23-2)16(10-12)24-3/h6-7,10-11H,5,8-9H2,1-4H3. The number of aryl methyl sites for hydroxylation is 2. The predicted molar refractivity (Wildman–Crippen MR) is 108 cm³/mol. The fraction of sp³-hybridized carbons (Fsp3) is 0.368. The number of aromatic nitrogens is 2. The van der Waals surface area contributed by atoms with Crippen molar-refractivity contribution in [1.29, 1.82) is 0 Å². The zero-order chi connectivity index (χ0) is 18.7. The van der Waals surface area contributed by atoms with Gasteiger partial charge in [0.25, 0.3) is 5.56 Å². The Labute approximate surface area is 161 Å². The van der Waals surface area contributed by atoms with E-state index in [0.717, 1.165) is 27.4 Å². The number of hydrogen-bond acceptors (Lipinski definition) is 6. The average molecular weight is 391 g/mol. The van der Waals surface area contributed by atoms with E-state index in [2.05, 4.69) is 6.92 Å². The van der Waals surface area contributed by atoms with Crippen LogP contribution in [0, 0.1) is 0 Å². The molecule has 0 amide bonds. The van der Waals surface area contributed by atoms with Crippen molar-refractivity contribution in [2.75, 3.05) is 20.5 Å². The van der Waals surface area contributed by atoms with Crippen LogP contribution in [0.2, 0.25) is 0 Å². The predicted octanol–water partition coefficient (Wildman–Crippen LogP) is 4.00. The van der Waals surface area contributed by atoms with Crippen LogP contribution >= 0.6 is 23.1 Å². The van der Waals surface area contributed by atoms with E-state index < -0.39 is 0 Å². The van der Waals surface area contributed by atoms with Gasteiger partial charge in [-0.05, 0) is 42.9 Å². The minimum absolute atomic E-state index is 0.0378. The molecule has 0 saturated heterocycles. The molecule has 0 N–H and O–H groups in total. The minimum Gasteiger partial charge on any atom is -0.493 e. The molecule has 0 aliphatic rings. The van der Waals surface area contributed by atoms with Crippen molar-refractivity contribution >= 4 is 33.3 Å². The number of rotatable bonds is 7. The van der Waals surface area contributed by atoms with Gasteiger partial charge in [-0.15, -0.1) is 11.3 Å². The van der Waals surface area contributed by atoms with Crippen LogP contribution in [-0.4, -0.2) is 30.0 Å². The molecule has 138 valence electrons. The molecule has 5 nitrogen and oxygen atoms in total. The Kier molecular flexibility index (Phi) is 5.88. The monoisotopic (exact) mass is 390 g/mol. The maximum atomic E-state index is 13.0. The lowest BCUT2D eigenvalue weighted by Crippen LogP contribution is -2.23. The van der Waals surface area contributed by atoms with Gasteiger partial charge < -0.3 is 9.47 Å². The van der Waals surface area contributed by atoms with Crippen LogP contribution in [0.3, 0.4) is 0 Å². The molecule has 2 aromatic heterocycles. The summed E-state index contributed by atoms with van der Waals surface area (Å²) in [6, 6.07) is 7.82. The van der Waals surface area contributed by atoms with E-state index in [1.54, 1.807) is 30.1 Å². The molecule has 0 radical (unpaired) electrons. The highest BCUT2D eigenvalue weighted by atomic mass is 32.2. The van der Waals surface area contributed by atoms with Crippen LogP contribution in [0.25, 0.3) is 10.2 Å². The van der Waals surface area contributed by atoms with E-state index in [0.29, 0.717) is 24.5 Å². The molecular weight excluding hydrogens is 368 g/mol. The zero-order valence-electron chi connectivity index (χ0n) is 15.4. The number of benzene rings is 1. The van der Waals surface area contributed by atoms with E-state index in [1.165, 1.54) is 16.6 Å². The lowest BCUT2D eigenvalue weighted by molar-refractivity contribution is 0.354. The second kappa shape index (κ2) is 8.14. The Morgan fingerprint density at radius 2 is 1.96 bits per heavy atom. The first kappa shape index (κ1) is 18.8. The summed E-state index contributed by atoms with van der Waals surface area (Å²) in [5, 5.41) is 1.48. The Bertz CT molecular complexity index is 979. The number of nitrogens with zero attached hydrogens (tertiary/aromatic N) is 2. The van der Waals surface area contributed by atoms with Gasteiger partial charge in [-0.2, -0.15) is 0 Å². The van der Waals surface area contributed by atoms with Crippen LogP contribution in [0.15, 0.2) is 34.2 Å². The van der Waals surface area contributed by atoms with Crippen molar-refractivity contribution < 1.29 is 9.47 Å². The molecule has 1 aromatic carbocycles. The molecule has 3 aromatic rings. The van der Waals surface area contributed by atoms with Crippen molar-refractivity contribution in [3.63, 3.8) is 0 Å². The number of fused-ring (bicyclic) bond motifs is 1. The van der Waals surface area contributed by atoms with Crippen molar-refractivity contribution in [2.24, 2.45) is 0 Å². The molecule has 0 spiro atoms. The second-order valence-corrected chi connectivity index (χ2v) is 7.67. The molecule has 0 aliphatic carbocycles. The van der Waals surface area contributed by atoms with Gasteiger partial charge in [0.2, 0.25) is 0 Å². The van der Waals surface area contributed by atoms with E-state index in [4.69, 9.17) is 14.5 Å². The van der Waals surface area contributed by atoms with Crippen LogP contribution in [-0.2, 0) is 19.4 Å². The largest absolute Gasteiger partial charge is 0.493 e. The normalized spacial score (nSPS) is 11.1. The van der Waals surface area contributed by atoms with Gasteiger partial charge in [0, 0.05) is 11.4 Å².